The second kappa shape index (κ2) is 10.0. The molecule has 2 aliphatic rings. The first-order valence-corrected chi connectivity index (χ1v) is 16.0. The van der Waals surface area contributed by atoms with Gasteiger partial charge in [0, 0.05) is 45.0 Å². The summed E-state index contributed by atoms with van der Waals surface area (Å²) in [6.07, 6.45) is 6.10. The largest absolute Gasteiger partial charge is 0.497 e. The number of carbonyl (C=O) groups excluding carboxylic acids is 1. The maximum absolute atomic E-state index is 13.5. The zero-order valence-corrected chi connectivity index (χ0v) is 23.5. The highest BCUT2D eigenvalue weighted by molar-refractivity contribution is 8.30. The monoisotopic (exact) mass is 546 g/mol. The molecule has 3 heterocycles. The highest BCUT2D eigenvalue weighted by Crippen LogP contribution is 2.49. The lowest BCUT2D eigenvalue weighted by Crippen LogP contribution is -2.35. The summed E-state index contributed by atoms with van der Waals surface area (Å²) in [5.74, 6) is 2.85. The zero-order chi connectivity index (χ0) is 26.3. The average Bonchev–Trinajstić information content (AvgIpc) is 3.32. The molecule has 38 heavy (non-hydrogen) atoms. The number of nitrogens with two attached hydrogens (primary N) is 1. The maximum atomic E-state index is 13.5. The summed E-state index contributed by atoms with van der Waals surface area (Å²) in [6, 6.07) is 18.5. The molecule has 1 aliphatic carbocycles. The van der Waals surface area contributed by atoms with E-state index in [2.05, 4.69) is 40.4 Å². The minimum atomic E-state index is -1.15. The van der Waals surface area contributed by atoms with Crippen LogP contribution in [0, 0.1) is 6.92 Å². The van der Waals surface area contributed by atoms with E-state index < -0.39 is 15.9 Å². The number of ether oxygens (including phenoxy) is 1. The standard InChI is InChI=1S/C30H34N4O2S2/c1-20-7-8-22(36-2)18-25(20)29(35)34-30(11-12-30)26-16-21(17-27-24(26)6-5-13-32-27)28-10-9-23(37-28)19-33-38(31)14-3-4-15-38/h5-10,13,16-18,33H,3-4,11-12,14-15,19,31H2,1-2H3,(H,34,35). The minimum Gasteiger partial charge on any atom is -0.497 e. The number of carbonyl (C=O) groups is 1. The molecule has 1 saturated carbocycles. The second-order valence-corrected chi connectivity index (χ2v) is 14.6. The molecule has 0 bridgehead atoms. The van der Waals surface area contributed by atoms with Crippen LogP contribution in [0.5, 0.6) is 5.75 Å². The van der Waals surface area contributed by atoms with Crippen LogP contribution in [0.15, 0.2) is 60.8 Å². The van der Waals surface area contributed by atoms with Gasteiger partial charge in [-0.1, -0.05) is 12.1 Å². The average molecular weight is 547 g/mol. The first-order chi connectivity index (χ1) is 18.4. The van der Waals surface area contributed by atoms with E-state index in [4.69, 9.17) is 14.9 Å². The molecule has 0 unspecified atom stereocenters. The van der Waals surface area contributed by atoms with Crippen LogP contribution in [-0.2, 0) is 12.1 Å². The summed E-state index contributed by atoms with van der Waals surface area (Å²) in [6.45, 7) is 2.77. The molecule has 2 aromatic heterocycles. The van der Waals surface area contributed by atoms with Gasteiger partial charge in [-0.05, 0) is 91.8 Å². The van der Waals surface area contributed by atoms with Crippen molar-refractivity contribution in [3.05, 3.63) is 82.4 Å². The van der Waals surface area contributed by atoms with Crippen LogP contribution in [-0.4, -0.2) is 29.5 Å². The van der Waals surface area contributed by atoms with Crippen molar-refractivity contribution in [3.8, 4) is 16.2 Å². The quantitative estimate of drug-likeness (QED) is 0.246. The molecule has 0 atom stereocenters. The van der Waals surface area contributed by atoms with Gasteiger partial charge >= 0.3 is 0 Å². The Kier molecular flexibility index (Phi) is 6.68. The van der Waals surface area contributed by atoms with Crippen LogP contribution in [0.1, 0.15) is 52.0 Å². The molecule has 6 nitrogen and oxygen atoms in total. The van der Waals surface area contributed by atoms with E-state index in [0.717, 1.165) is 58.5 Å². The topological polar surface area (TPSA) is 89.3 Å². The van der Waals surface area contributed by atoms with Crippen LogP contribution in [0.4, 0.5) is 0 Å². The Morgan fingerprint density at radius 1 is 1.13 bits per heavy atom. The predicted octanol–water partition coefficient (Wildman–Crippen LogP) is 6.18. The highest BCUT2D eigenvalue weighted by Gasteiger charge is 2.47. The molecule has 8 heteroatoms. The van der Waals surface area contributed by atoms with Crippen LogP contribution >= 0.6 is 21.7 Å². The van der Waals surface area contributed by atoms with Gasteiger partial charge in [-0.25, -0.2) is 0 Å². The van der Waals surface area contributed by atoms with Crippen LogP contribution in [0.25, 0.3) is 21.3 Å². The number of hydrogen-bond acceptors (Lipinski definition) is 6. The molecule has 0 spiro atoms. The SMILES string of the molecule is COc1ccc(C)c(C(=O)NC2(c3cc(-c4ccc(CNS5(N)CCCC5)s4)cc4ncccc34)CC2)c1. The maximum Gasteiger partial charge on any atom is 0.252 e. The van der Waals surface area contributed by atoms with E-state index in [1.54, 1.807) is 18.4 Å². The van der Waals surface area contributed by atoms with Crippen molar-refractivity contribution < 1.29 is 9.53 Å². The van der Waals surface area contributed by atoms with Gasteiger partial charge in [0.2, 0.25) is 0 Å². The summed E-state index contributed by atoms with van der Waals surface area (Å²) >= 11 is 1.80. The van der Waals surface area contributed by atoms with Crippen LogP contribution < -0.4 is 19.9 Å². The van der Waals surface area contributed by atoms with Gasteiger partial charge in [-0.15, -0.1) is 21.7 Å². The molecule has 4 aromatic rings. The Hall–Kier alpha value is -2.91. The van der Waals surface area contributed by atoms with Gasteiger partial charge in [-0.2, -0.15) is 0 Å². The number of benzene rings is 2. The van der Waals surface area contributed by atoms with Gasteiger partial charge in [0.05, 0.1) is 18.2 Å². The third-order valence-corrected chi connectivity index (χ3v) is 11.7. The molecule has 0 radical (unpaired) electrons. The Morgan fingerprint density at radius 2 is 1.95 bits per heavy atom. The fourth-order valence-corrected chi connectivity index (χ4v) is 8.77. The van der Waals surface area contributed by atoms with E-state index >= 15 is 0 Å². The first-order valence-electron chi connectivity index (χ1n) is 13.1. The Balaban J connectivity index is 1.31. The number of nitrogens with zero attached hydrogens (tertiary/aromatic N) is 1. The number of fused-ring (bicyclic) bond motifs is 1. The third kappa shape index (κ3) is 4.94. The van der Waals surface area contributed by atoms with E-state index in [1.165, 1.54) is 22.6 Å². The van der Waals surface area contributed by atoms with E-state index in [9.17, 15) is 4.79 Å². The van der Waals surface area contributed by atoms with Crippen LogP contribution in [0.2, 0.25) is 0 Å². The van der Waals surface area contributed by atoms with Crippen molar-refractivity contribution in [1.29, 1.82) is 0 Å². The van der Waals surface area contributed by atoms with E-state index in [-0.39, 0.29) is 5.91 Å². The summed E-state index contributed by atoms with van der Waals surface area (Å²) in [5.41, 5.74) is 4.39. The number of pyridine rings is 1. The number of thiophene rings is 1. The highest BCUT2D eigenvalue weighted by atomic mass is 32.3. The first kappa shape index (κ1) is 25.4. The van der Waals surface area contributed by atoms with Crippen molar-refractivity contribution >= 4 is 38.5 Å². The number of hydrogen-bond donors (Lipinski definition) is 3. The molecule has 6 rings (SSSR count). The number of nitrogens with one attached hydrogen (secondary N) is 2. The van der Waals surface area contributed by atoms with Crippen LogP contribution in [0.3, 0.4) is 0 Å². The summed E-state index contributed by atoms with van der Waals surface area (Å²) < 4.78 is 9.04. The predicted molar refractivity (Wildman–Crippen MR) is 159 cm³/mol. The zero-order valence-electron chi connectivity index (χ0n) is 21.9. The van der Waals surface area contributed by atoms with Gasteiger partial charge in [-0.3, -0.25) is 19.6 Å². The van der Waals surface area contributed by atoms with Gasteiger partial charge in [0.1, 0.15) is 5.75 Å². The minimum absolute atomic E-state index is 0.0732. The van der Waals surface area contributed by atoms with Gasteiger partial charge in [0.25, 0.3) is 5.91 Å². The number of rotatable bonds is 8. The molecule has 1 saturated heterocycles. The van der Waals surface area contributed by atoms with E-state index in [1.807, 2.05) is 37.4 Å². The fraction of sp³-hybridized carbons (Fsp3) is 0.333. The molecule has 2 aromatic carbocycles. The third-order valence-electron chi connectivity index (χ3n) is 7.78. The smallest absolute Gasteiger partial charge is 0.252 e. The van der Waals surface area contributed by atoms with Gasteiger partial charge < -0.3 is 10.1 Å². The number of aryl methyl sites for hydroxylation is 1. The summed E-state index contributed by atoms with van der Waals surface area (Å²) in [4.78, 5) is 20.7. The normalized spacial score (nSPS) is 18.3. The van der Waals surface area contributed by atoms with Crippen molar-refractivity contribution in [3.63, 3.8) is 0 Å². The van der Waals surface area contributed by atoms with Crippen molar-refractivity contribution in [2.75, 3.05) is 18.6 Å². The number of methoxy groups -OCH3 is 1. The van der Waals surface area contributed by atoms with Crippen molar-refractivity contribution in [2.24, 2.45) is 5.14 Å². The molecule has 2 fully saturated rings. The van der Waals surface area contributed by atoms with Crippen molar-refractivity contribution in [1.82, 2.24) is 15.0 Å². The van der Waals surface area contributed by atoms with E-state index in [0.29, 0.717) is 11.3 Å². The molecule has 1 amide bonds. The summed E-state index contributed by atoms with van der Waals surface area (Å²) in [5, 5.41) is 11.1. The molecule has 198 valence electrons. The van der Waals surface area contributed by atoms with Gasteiger partial charge in [0.15, 0.2) is 0 Å². The Labute approximate surface area is 229 Å². The second-order valence-electron chi connectivity index (χ2n) is 10.5. The van der Waals surface area contributed by atoms with Crippen molar-refractivity contribution in [2.45, 2.75) is 44.7 Å². The lowest BCUT2D eigenvalue weighted by atomic mass is 9.95. The number of aromatic nitrogens is 1. The lowest BCUT2D eigenvalue weighted by molar-refractivity contribution is 0.0930. The lowest BCUT2D eigenvalue weighted by Gasteiger charge is -2.31. The Bertz CT molecular complexity index is 1510. The molecule has 1 aliphatic heterocycles. The molecular weight excluding hydrogens is 512 g/mol. The summed E-state index contributed by atoms with van der Waals surface area (Å²) in [7, 11) is 0.473. The Morgan fingerprint density at radius 3 is 2.71 bits per heavy atom. The molecule has 4 N–H and O–H groups in total. The number of amides is 1. The fourth-order valence-electron chi connectivity index (χ4n) is 5.37. The molecular formula is C30H34N4O2S2.